The number of fused-ring (bicyclic) bond motifs is 2. The summed E-state index contributed by atoms with van der Waals surface area (Å²) < 4.78 is 23.3. The Hall–Kier alpha value is -5.13. The van der Waals surface area contributed by atoms with Crippen molar-refractivity contribution in [2.45, 2.75) is 38.8 Å². The van der Waals surface area contributed by atoms with E-state index in [2.05, 4.69) is 49.3 Å². The SMILES string of the molecule is C=CC(=O)N[C@H]1CCCN(c2ccc3ncnc(Nc4ccc(Oc5ccc6c(c5)nnn6C)c(C)c4F)c3n2)[C@@H]1C. The van der Waals surface area contributed by atoms with E-state index in [1.807, 2.05) is 25.2 Å². The van der Waals surface area contributed by atoms with Gasteiger partial charge in [-0.2, -0.15) is 0 Å². The van der Waals surface area contributed by atoms with Gasteiger partial charge in [-0.05, 0) is 69.2 Å². The van der Waals surface area contributed by atoms with Gasteiger partial charge in [0.25, 0.3) is 0 Å². The number of nitrogens with zero attached hydrogens (tertiary/aromatic N) is 7. The van der Waals surface area contributed by atoms with E-state index >= 15 is 4.39 Å². The lowest BCUT2D eigenvalue weighted by atomic mass is 9.97. The normalized spacial score (nSPS) is 16.9. The van der Waals surface area contributed by atoms with Gasteiger partial charge in [0.15, 0.2) is 11.6 Å². The number of carbonyl (C=O) groups is 1. The fourth-order valence-electron chi connectivity index (χ4n) is 5.30. The highest BCUT2D eigenvalue weighted by atomic mass is 19.1. The van der Waals surface area contributed by atoms with E-state index in [1.54, 1.807) is 35.9 Å². The first-order valence-corrected chi connectivity index (χ1v) is 13.7. The minimum absolute atomic E-state index is 0.0101. The number of rotatable bonds is 7. The number of anilines is 3. The number of pyridine rings is 1. The molecule has 0 spiro atoms. The van der Waals surface area contributed by atoms with Crippen molar-refractivity contribution < 1.29 is 13.9 Å². The summed E-state index contributed by atoms with van der Waals surface area (Å²) in [7, 11) is 1.81. The summed E-state index contributed by atoms with van der Waals surface area (Å²) in [4.78, 5) is 27.7. The first-order valence-electron chi connectivity index (χ1n) is 13.7. The van der Waals surface area contributed by atoms with Gasteiger partial charge in [-0.25, -0.2) is 24.0 Å². The van der Waals surface area contributed by atoms with Crippen molar-refractivity contribution in [3.8, 4) is 11.5 Å². The Morgan fingerprint density at radius 2 is 2.02 bits per heavy atom. The summed E-state index contributed by atoms with van der Waals surface area (Å²) in [6, 6.07) is 12.5. The third-order valence-corrected chi connectivity index (χ3v) is 7.66. The van der Waals surface area contributed by atoms with E-state index < -0.39 is 5.82 Å². The highest BCUT2D eigenvalue weighted by Gasteiger charge is 2.30. The monoisotopic (exact) mass is 567 g/mol. The van der Waals surface area contributed by atoms with E-state index in [1.165, 1.54) is 12.4 Å². The van der Waals surface area contributed by atoms with E-state index in [-0.39, 0.29) is 23.7 Å². The molecular weight excluding hydrogens is 537 g/mol. The van der Waals surface area contributed by atoms with Gasteiger partial charge in [0.05, 0.1) is 16.7 Å². The topological polar surface area (TPSA) is 123 Å². The van der Waals surface area contributed by atoms with Gasteiger partial charge >= 0.3 is 0 Å². The minimum Gasteiger partial charge on any atom is -0.457 e. The van der Waals surface area contributed by atoms with Crippen molar-refractivity contribution in [2.24, 2.45) is 7.05 Å². The number of hydrogen-bond acceptors (Lipinski definition) is 9. The number of ether oxygens (including phenoxy) is 1. The van der Waals surface area contributed by atoms with Crippen molar-refractivity contribution >= 4 is 45.3 Å². The van der Waals surface area contributed by atoms with Gasteiger partial charge < -0.3 is 20.3 Å². The summed E-state index contributed by atoms with van der Waals surface area (Å²) in [5, 5.41) is 14.2. The molecule has 1 aliphatic rings. The number of hydrogen-bond donors (Lipinski definition) is 2. The molecule has 0 bridgehead atoms. The van der Waals surface area contributed by atoms with Crippen molar-refractivity contribution in [1.29, 1.82) is 0 Å². The van der Waals surface area contributed by atoms with E-state index in [0.29, 0.717) is 39.4 Å². The number of carbonyl (C=O) groups excluding carboxylic acids is 1. The Morgan fingerprint density at radius 1 is 1.17 bits per heavy atom. The molecule has 2 N–H and O–H groups in total. The Balaban J connectivity index is 1.26. The second kappa shape index (κ2) is 11.0. The highest BCUT2D eigenvalue weighted by Crippen LogP contribution is 2.34. The van der Waals surface area contributed by atoms with Gasteiger partial charge in [0, 0.05) is 37.3 Å². The third kappa shape index (κ3) is 5.06. The van der Waals surface area contributed by atoms with Crippen LogP contribution in [-0.2, 0) is 11.8 Å². The third-order valence-electron chi connectivity index (χ3n) is 7.66. The van der Waals surface area contributed by atoms with Crippen LogP contribution in [0.15, 0.2) is 61.4 Å². The Kier molecular flexibility index (Phi) is 7.11. The quantitative estimate of drug-likeness (QED) is 0.263. The maximum Gasteiger partial charge on any atom is 0.243 e. The van der Waals surface area contributed by atoms with E-state index in [9.17, 15) is 4.79 Å². The number of halogens is 1. The zero-order chi connectivity index (χ0) is 29.4. The molecular formula is C30H30FN9O2. The summed E-state index contributed by atoms with van der Waals surface area (Å²) in [5.74, 6) is 1.35. The minimum atomic E-state index is -0.471. The number of nitrogens with one attached hydrogen (secondary N) is 2. The highest BCUT2D eigenvalue weighted by molar-refractivity contribution is 5.89. The Morgan fingerprint density at radius 3 is 2.86 bits per heavy atom. The molecule has 2 atom stereocenters. The van der Waals surface area contributed by atoms with Crippen molar-refractivity contribution in [3.63, 3.8) is 0 Å². The molecule has 0 unspecified atom stereocenters. The Bertz CT molecular complexity index is 1820. The van der Waals surface area contributed by atoms with Gasteiger partial charge in [-0.3, -0.25) is 4.79 Å². The molecule has 5 aromatic rings. The summed E-state index contributed by atoms with van der Waals surface area (Å²) in [6.45, 7) is 8.06. The Labute approximate surface area is 241 Å². The van der Waals surface area contributed by atoms with Gasteiger partial charge in [0.2, 0.25) is 5.91 Å². The van der Waals surface area contributed by atoms with Gasteiger partial charge in [0.1, 0.15) is 34.7 Å². The van der Waals surface area contributed by atoms with Crippen LogP contribution in [0, 0.1) is 12.7 Å². The average Bonchev–Trinajstić information content (AvgIpc) is 3.37. The zero-order valence-electron chi connectivity index (χ0n) is 23.5. The van der Waals surface area contributed by atoms with Crippen LogP contribution in [0.5, 0.6) is 11.5 Å². The fourth-order valence-corrected chi connectivity index (χ4v) is 5.30. The molecule has 0 saturated carbocycles. The van der Waals surface area contributed by atoms with Crippen LogP contribution in [0.4, 0.5) is 21.7 Å². The molecule has 214 valence electrons. The second-order valence-corrected chi connectivity index (χ2v) is 10.3. The predicted molar refractivity (Wildman–Crippen MR) is 159 cm³/mol. The lowest BCUT2D eigenvalue weighted by molar-refractivity contribution is -0.117. The molecule has 6 rings (SSSR count). The number of amides is 1. The largest absolute Gasteiger partial charge is 0.457 e. The maximum absolute atomic E-state index is 15.6. The average molecular weight is 568 g/mol. The standard InChI is InChI=1S/C30H30FN9O2/c1-5-27(41)34-20-7-6-14-40(18(20)3)26-13-10-22-29(36-26)30(33-16-32-22)35-21-9-12-25(17(2)28(21)31)42-19-8-11-24-23(15-19)37-38-39(24)4/h5,8-13,15-16,18,20H,1,6-7,14H2,2-4H3,(H,34,41)(H,32,33,35)/t18-,20+/m1/s1. The number of aryl methyl sites for hydroxylation is 1. The van der Waals surface area contributed by atoms with Crippen LogP contribution in [0.1, 0.15) is 25.3 Å². The molecule has 1 amide bonds. The molecule has 1 aliphatic heterocycles. The molecule has 0 radical (unpaired) electrons. The first kappa shape index (κ1) is 27.1. The number of benzene rings is 2. The van der Waals surface area contributed by atoms with Crippen LogP contribution >= 0.6 is 0 Å². The van der Waals surface area contributed by atoms with Crippen LogP contribution in [0.3, 0.4) is 0 Å². The number of piperidine rings is 1. The number of aromatic nitrogens is 6. The molecule has 12 heteroatoms. The zero-order valence-corrected chi connectivity index (χ0v) is 23.5. The van der Waals surface area contributed by atoms with Crippen molar-refractivity contribution in [2.75, 3.05) is 16.8 Å². The van der Waals surface area contributed by atoms with E-state index in [4.69, 9.17) is 9.72 Å². The second-order valence-electron chi connectivity index (χ2n) is 10.3. The van der Waals surface area contributed by atoms with Crippen LogP contribution < -0.4 is 20.3 Å². The molecule has 2 aromatic carbocycles. The molecule has 42 heavy (non-hydrogen) atoms. The van der Waals surface area contributed by atoms with Crippen LogP contribution in [0.2, 0.25) is 0 Å². The molecule has 1 fully saturated rings. The van der Waals surface area contributed by atoms with E-state index in [0.717, 1.165) is 30.7 Å². The fraction of sp³-hybridized carbons (Fsp3) is 0.267. The molecule has 3 aromatic heterocycles. The molecule has 1 saturated heterocycles. The smallest absolute Gasteiger partial charge is 0.243 e. The molecule has 11 nitrogen and oxygen atoms in total. The molecule has 4 heterocycles. The molecule has 0 aliphatic carbocycles. The predicted octanol–water partition coefficient (Wildman–Crippen LogP) is 4.95. The summed E-state index contributed by atoms with van der Waals surface area (Å²) >= 11 is 0. The lowest BCUT2D eigenvalue weighted by Crippen LogP contribution is -2.54. The lowest BCUT2D eigenvalue weighted by Gasteiger charge is -2.40. The van der Waals surface area contributed by atoms with Crippen LogP contribution in [0.25, 0.3) is 22.1 Å². The first-order chi connectivity index (χ1) is 20.3. The summed E-state index contributed by atoms with van der Waals surface area (Å²) in [5.41, 5.74) is 3.25. The van der Waals surface area contributed by atoms with Crippen LogP contribution in [-0.4, -0.2) is 54.5 Å². The van der Waals surface area contributed by atoms with Crippen molar-refractivity contribution in [1.82, 2.24) is 35.3 Å². The van der Waals surface area contributed by atoms with Gasteiger partial charge in [-0.1, -0.05) is 11.8 Å². The maximum atomic E-state index is 15.6. The van der Waals surface area contributed by atoms with Crippen molar-refractivity contribution in [3.05, 3.63) is 72.8 Å². The summed E-state index contributed by atoms with van der Waals surface area (Å²) in [6.07, 6.45) is 4.47. The van der Waals surface area contributed by atoms with Gasteiger partial charge in [-0.15, -0.1) is 5.10 Å².